The van der Waals surface area contributed by atoms with Gasteiger partial charge in [0.15, 0.2) is 5.65 Å². The van der Waals surface area contributed by atoms with Crippen LogP contribution in [-0.4, -0.2) is 65.4 Å². The Bertz CT molecular complexity index is 1740. The molecule has 3 N–H and O–H groups in total. The number of benzene rings is 2. The van der Waals surface area contributed by atoms with E-state index in [1.165, 1.54) is 0 Å². The van der Waals surface area contributed by atoms with Crippen LogP contribution < -0.4 is 5.32 Å². The van der Waals surface area contributed by atoms with E-state index < -0.39 is 6.10 Å². The summed E-state index contributed by atoms with van der Waals surface area (Å²) in [6.45, 7) is 6.53. The van der Waals surface area contributed by atoms with Crippen LogP contribution in [0.4, 0.5) is 5.82 Å². The molecular weight excluding hydrogens is 530 g/mol. The van der Waals surface area contributed by atoms with Gasteiger partial charge in [0.2, 0.25) is 0 Å². The van der Waals surface area contributed by atoms with Crippen LogP contribution in [0.3, 0.4) is 0 Å². The second-order valence-electron chi connectivity index (χ2n) is 10.7. The van der Waals surface area contributed by atoms with Crippen LogP contribution in [0.5, 0.6) is 0 Å². The number of carbonyl (C=O) groups is 1. The van der Waals surface area contributed by atoms with Gasteiger partial charge in [0, 0.05) is 68.9 Å². The minimum Gasteiger partial charge on any atom is -0.396 e. The van der Waals surface area contributed by atoms with Crippen molar-refractivity contribution in [2.24, 2.45) is 7.05 Å². The predicted octanol–water partition coefficient (Wildman–Crippen LogP) is 4.53. The molecule has 3 aromatic heterocycles. The number of nitrogens with zero attached hydrogens (tertiary/aromatic N) is 6. The van der Waals surface area contributed by atoms with Crippen molar-refractivity contribution >= 4 is 17.4 Å². The van der Waals surface area contributed by atoms with Gasteiger partial charge in [-0.15, -0.1) is 0 Å². The van der Waals surface area contributed by atoms with Crippen LogP contribution in [-0.2, 0) is 13.6 Å². The van der Waals surface area contributed by atoms with E-state index >= 15 is 0 Å². The first-order valence-electron chi connectivity index (χ1n) is 14.0. The van der Waals surface area contributed by atoms with Crippen molar-refractivity contribution < 1.29 is 15.0 Å². The Balaban J connectivity index is 1.52. The van der Waals surface area contributed by atoms with Gasteiger partial charge >= 0.3 is 0 Å². The lowest BCUT2D eigenvalue weighted by atomic mass is 9.99. The number of fused-ring (bicyclic) bond motifs is 1. The van der Waals surface area contributed by atoms with Gasteiger partial charge in [-0.3, -0.25) is 4.79 Å². The van der Waals surface area contributed by atoms with E-state index in [1.807, 2.05) is 68.1 Å². The lowest BCUT2D eigenvalue weighted by Crippen LogP contribution is -2.28. The first kappa shape index (κ1) is 29.0. The van der Waals surface area contributed by atoms with Gasteiger partial charge in [-0.05, 0) is 56.0 Å². The standard InChI is InChI=1S/C32H37N7O3/c1-20-10-11-24(17-26(20)32(42)38(5)13-7-15-40)29-21(2)36-39-28(18-27(22(3)41)35-31(29)39)34-19-23-8-6-9-25(16-23)30-33-12-14-37(30)4/h6,8-12,14,16-18,22,34,40-41H,7,13,15,19H2,1-5H3. The molecule has 0 aliphatic rings. The molecule has 0 aliphatic carbocycles. The molecule has 0 aliphatic heterocycles. The fourth-order valence-corrected chi connectivity index (χ4v) is 5.10. The smallest absolute Gasteiger partial charge is 0.253 e. The minimum absolute atomic E-state index is 0.0292. The van der Waals surface area contributed by atoms with E-state index in [0.29, 0.717) is 42.2 Å². The Morgan fingerprint density at radius 1 is 1.12 bits per heavy atom. The number of aromatic nitrogens is 5. The summed E-state index contributed by atoms with van der Waals surface area (Å²) in [6.07, 6.45) is 3.43. The molecule has 0 saturated carbocycles. The first-order chi connectivity index (χ1) is 20.2. The number of aliphatic hydroxyl groups excluding tert-OH is 2. The molecule has 10 heteroatoms. The zero-order chi connectivity index (χ0) is 30.0. The number of aryl methyl sites for hydroxylation is 3. The molecule has 0 spiro atoms. The molecule has 5 rings (SSSR count). The number of aliphatic hydroxyl groups is 2. The summed E-state index contributed by atoms with van der Waals surface area (Å²) < 4.78 is 3.74. The number of carbonyl (C=O) groups excluding carboxylic acids is 1. The third-order valence-corrected chi connectivity index (χ3v) is 7.45. The van der Waals surface area contributed by atoms with Crippen molar-refractivity contribution in [1.29, 1.82) is 0 Å². The first-order valence-corrected chi connectivity index (χ1v) is 14.0. The zero-order valence-electron chi connectivity index (χ0n) is 24.7. The number of imidazole rings is 1. The topological polar surface area (TPSA) is 121 Å². The maximum atomic E-state index is 13.2. The highest BCUT2D eigenvalue weighted by molar-refractivity contribution is 5.97. The van der Waals surface area contributed by atoms with Crippen LogP contribution in [0.15, 0.2) is 60.9 Å². The summed E-state index contributed by atoms with van der Waals surface area (Å²) in [5, 5.41) is 28.0. The lowest BCUT2D eigenvalue weighted by molar-refractivity contribution is 0.0785. The maximum absolute atomic E-state index is 13.2. The summed E-state index contributed by atoms with van der Waals surface area (Å²) in [4.78, 5) is 24.1. The fourth-order valence-electron chi connectivity index (χ4n) is 5.10. The second kappa shape index (κ2) is 12.1. The van der Waals surface area contributed by atoms with Crippen LogP contribution in [0.1, 0.15) is 52.3 Å². The van der Waals surface area contributed by atoms with E-state index in [1.54, 1.807) is 29.6 Å². The van der Waals surface area contributed by atoms with Gasteiger partial charge in [0.25, 0.3) is 5.91 Å². The van der Waals surface area contributed by atoms with Crippen molar-refractivity contribution in [3.63, 3.8) is 0 Å². The number of amides is 1. The molecule has 5 aromatic rings. The van der Waals surface area contributed by atoms with Crippen molar-refractivity contribution in [1.82, 2.24) is 29.0 Å². The van der Waals surface area contributed by atoms with E-state index in [9.17, 15) is 15.0 Å². The van der Waals surface area contributed by atoms with E-state index in [4.69, 9.17) is 10.1 Å². The number of hydrogen-bond acceptors (Lipinski definition) is 7. The largest absolute Gasteiger partial charge is 0.396 e. The highest BCUT2D eigenvalue weighted by Gasteiger charge is 2.21. The summed E-state index contributed by atoms with van der Waals surface area (Å²) in [7, 11) is 3.71. The number of hydrogen-bond donors (Lipinski definition) is 3. The van der Waals surface area contributed by atoms with Gasteiger partial charge in [-0.1, -0.05) is 30.3 Å². The molecule has 1 atom stereocenters. The molecule has 42 heavy (non-hydrogen) atoms. The van der Waals surface area contributed by atoms with Gasteiger partial charge in [-0.25, -0.2) is 9.97 Å². The summed E-state index contributed by atoms with van der Waals surface area (Å²) in [6, 6.07) is 15.8. The Kier molecular flexibility index (Phi) is 8.37. The molecule has 3 heterocycles. The SMILES string of the molecule is Cc1ccc(-c2c(C)nn3c(NCc4cccc(-c5nccn5C)c4)cc(C(C)O)nc23)cc1C(=O)N(C)CCCO. The highest BCUT2D eigenvalue weighted by atomic mass is 16.3. The molecule has 218 valence electrons. The quantitative estimate of drug-likeness (QED) is 0.227. The third-order valence-electron chi connectivity index (χ3n) is 7.45. The normalized spacial score (nSPS) is 12.1. The van der Waals surface area contributed by atoms with E-state index in [-0.39, 0.29) is 12.5 Å². The van der Waals surface area contributed by atoms with E-state index in [0.717, 1.165) is 39.3 Å². The fraction of sp³-hybridized carbons (Fsp3) is 0.312. The molecular formula is C32H37N7O3. The summed E-state index contributed by atoms with van der Waals surface area (Å²) in [5.74, 6) is 1.48. The predicted molar refractivity (Wildman–Crippen MR) is 163 cm³/mol. The van der Waals surface area contributed by atoms with Crippen LogP contribution >= 0.6 is 0 Å². The number of rotatable bonds is 10. The minimum atomic E-state index is -0.791. The lowest BCUT2D eigenvalue weighted by Gasteiger charge is -2.18. The molecule has 0 fully saturated rings. The Morgan fingerprint density at radius 2 is 1.93 bits per heavy atom. The van der Waals surface area contributed by atoms with Gasteiger partial charge in [0.1, 0.15) is 11.6 Å². The number of anilines is 1. The number of nitrogens with one attached hydrogen (secondary N) is 1. The van der Waals surface area contributed by atoms with Gasteiger partial charge < -0.3 is 25.0 Å². The Morgan fingerprint density at radius 3 is 2.64 bits per heavy atom. The molecule has 0 saturated heterocycles. The highest BCUT2D eigenvalue weighted by Crippen LogP contribution is 2.32. The molecule has 1 unspecified atom stereocenters. The zero-order valence-corrected chi connectivity index (χ0v) is 24.7. The average Bonchev–Trinajstić information content (AvgIpc) is 3.56. The third kappa shape index (κ3) is 5.77. The second-order valence-corrected chi connectivity index (χ2v) is 10.7. The van der Waals surface area contributed by atoms with Crippen molar-refractivity contribution in [2.45, 2.75) is 39.8 Å². The monoisotopic (exact) mass is 567 g/mol. The Hall–Kier alpha value is -4.54. The average molecular weight is 568 g/mol. The molecule has 10 nitrogen and oxygen atoms in total. The molecule has 1 amide bonds. The van der Waals surface area contributed by atoms with Crippen LogP contribution in [0, 0.1) is 13.8 Å². The van der Waals surface area contributed by atoms with Crippen LogP contribution in [0.25, 0.3) is 28.2 Å². The van der Waals surface area contributed by atoms with Crippen molar-refractivity contribution in [3.05, 3.63) is 89.0 Å². The molecule has 0 radical (unpaired) electrons. The summed E-state index contributed by atoms with van der Waals surface area (Å²) in [5.41, 5.74) is 7.00. The van der Waals surface area contributed by atoms with E-state index in [2.05, 4.69) is 22.4 Å². The summed E-state index contributed by atoms with van der Waals surface area (Å²) >= 11 is 0. The molecule has 2 aromatic carbocycles. The van der Waals surface area contributed by atoms with Crippen LogP contribution in [0.2, 0.25) is 0 Å². The maximum Gasteiger partial charge on any atom is 0.253 e. The van der Waals surface area contributed by atoms with Crippen molar-refractivity contribution in [2.75, 3.05) is 25.5 Å². The molecule has 0 bridgehead atoms. The van der Waals surface area contributed by atoms with Gasteiger partial charge in [-0.2, -0.15) is 9.61 Å². The Labute approximate surface area is 245 Å². The van der Waals surface area contributed by atoms with Gasteiger partial charge in [0.05, 0.1) is 17.5 Å². The van der Waals surface area contributed by atoms with Crippen molar-refractivity contribution in [3.8, 4) is 22.5 Å².